The van der Waals surface area contributed by atoms with Gasteiger partial charge in [0.2, 0.25) is 5.91 Å². The first-order chi connectivity index (χ1) is 10.0. The molecular weight excluding hydrogens is 271 g/mol. The minimum absolute atomic E-state index is 0.118. The van der Waals surface area contributed by atoms with Crippen LogP contribution in [0.1, 0.15) is 39.0 Å². The van der Waals surface area contributed by atoms with Crippen LogP contribution in [0.5, 0.6) is 0 Å². The van der Waals surface area contributed by atoms with Crippen molar-refractivity contribution in [2.24, 2.45) is 5.41 Å². The summed E-state index contributed by atoms with van der Waals surface area (Å²) in [5, 5.41) is 15.4. The first-order valence-electron chi connectivity index (χ1n) is 7.47. The van der Waals surface area contributed by atoms with E-state index in [2.05, 4.69) is 10.6 Å². The van der Waals surface area contributed by atoms with Crippen LogP contribution in [0.2, 0.25) is 0 Å². The number of aliphatic hydroxyl groups excluding tert-OH is 1. The van der Waals surface area contributed by atoms with Gasteiger partial charge in [0.15, 0.2) is 0 Å². The smallest absolute Gasteiger partial charge is 0.221 e. The SMILES string of the molecule is CC(=O)Nc1ccc(F)c(NCC2(CO)CCCCC2)c1. The van der Waals surface area contributed by atoms with Crippen LogP contribution in [0, 0.1) is 11.2 Å². The summed E-state index contributed by atoms with van der Waals surface area (Å²) in [7, 11) is 0. The highest BCUT2D eigenvalue weighted by Crippen LogP contribution is 2.36. The lowest BCUT2D eigenvalue weighted by Crippen LogP contribution is -2.35. The predicted molar refractivity (Wildman–Crippen MR) is 81.8 cm³/mol. The van der Waals surface area contributed by atoms with Crippen LogP contribution in [0.15, 0.2) is 18.2 Å². The third kappa shape index (κ3) is 4.17. The van der Waals surface area contributed by atoms with E-state index in [9.17, 15) is 14.3 Å². The molecular formula is C16H23FN2O2. The number of carbonyl (C=O) groups excluding carboxylic acids is 1. The molecule has 0 aromatic heterocycles. The third-order valence-corrected chi connectivity index (χ3v) is 4.19. The molecule has 0 spiro atoms. The van der Waals surface area contributed by atoms with Crippen LogP contribution in [0.25, 0.3) is 0 Å². The molecule has 2 rings (SSSR count). The summed E-state index contributed by atoms with van der Waals surface area (Å²) in [6.45, 7) is 2.08. The average Bonchev–Trinajstić information content (AvgIpc) is 2.48. The molecule has 0 heterocycles. The van der Waals surface area contributed by atoms with Gasteiger partial charge in [-0.15, -0.1) is 0 Å². The van der Waals surface area contributed by atoms with Crippen molar-refractivity contribution in [1.29, 1.82) is 0 Å². The number of benzene rings is 1. The Labute approximate surface area is 124 Å². The fraction of sp³-hybridized carbons (Fsp3) is 0.562. The van der Waals surface area contributed by atoms with Gasteiger partial charge in [-0.3, -0.25) is 4.79 Å². The summed E-state index contributed by atoms with van der Waals surface area (Å²) in [5.74, 6) is -0.542. The van der Waals surface area contributed by atoms with Crippen molar-refractivity contribution >= 4 is 17.3 Å². The molecule has 0 saturated heterocycles. The van der Waals surface area contributed by atoms with Crippen molar-refractivity contribution in [1.82, 2.24) is 0 Å². The molecule has 1 fully saturated rings. The molecule has 21 heavy (non-hydrogen) atoms. The quantitative estimate of drug-likeness (QED) is 0.782. The van der Waals surface area contributed by atoms with Crippen molar-refractivity contribution in [3.8, 4) is 0 Å². The number of anilines is 2. The molecule has 5 heteroatoms. The van der Waals surface area contributed by atoms with E-state index in [0.29, 0.717) is 17.9 Å². The predicted octanol–water partition coefficient (Wildman–Crippen LogP) is 3.14. The maximum Gasteiger partial charge on any atom is 0.221 e. The Morgan fingerprint density at radius 2 is 2.05 bits per heavy atom. The van der Waals surface area contributed by atoms with Gasteiger partial charge in [0.05, 0.1) is 12.3 Å². The number of nitrogens with one attached hydrogen (secondary N) is 2. The van der Waals surface area contributed by atoms with Crippen molar-refractivity contribution < 1.29 is 14.3 Å². The molecule has 116 valence electrons. The average molecular weight is 294 g/mol. The maximum absolute atomic E-state index is 13.9. The van der Waals surface area contributed by atoms with Crippen molar-refractivity contribution in [2.45, 2.75) is 39.0 Å². The summed E-state index contributed by atoms with van der Waals surface area (Å²) in [6, 6.07) is 4.45. The summed E-state index contributed by atoms with van der Waals surface area (Å²) in [4.78, 5) is 11.1. The first kappa shape index (κ1) is 15.8. The van der Waals surface area contributed by atoms with E-state index in [1.165, 1.54) is 25.5 Å². The monoisotopic (exact) mass is 294 g/mol. The lowest BCUT2D eigenvalue weighted by atomic mass is 9.74. The second-order valence-electron chi connectivity index (χ2n) is 5.95. The Morgan fingerprint density at radius 3 is 2.67 bits per heavy atom. The number of amides is 1. The molecule has 0 atom stereocenters. The number of carbonyl (C=O) groups is 1. The number of hydrogen-bond acceptors (Lipinski definition) is 3. The highest BCUT2D eigenvalue weighted by atomic mass is 19.1. The number of hydrogen-bond donors (Lipinski definition) is 3. The molecule has 0 aliphatic heterocycles. The van der Waals surface area contributed by atoms with Crippen LogP contribution < -0.4 is 10.6 Å². The molecule has 1 aliphatic carbocycles. The number of aliphatic hydroxyl groups is 1. The Balaban J connectivity index is 2.06. The van der Waals surface area contributed by atoms with Crippen molar-refractivity contribution in [3.63, 3.8) is 0 Å². The molecule has 1 aromatic rings. The van der Waals surface area contributed by atoms with Crippen LogP contribution in [0.4, 0.5) is 15.8 Å². The second-order valence-corrected chi connectivity index (χ2v) is 5.95. The topological polar surface area (TPSA) is 61.4 Å². The van der Waals surface area contributed by atoms with Crippen LogP contribution in [0.3, 0.4) is 0 Å². The van der Waals surface area contributed by atoms with Gasteiger partial charge < -0.3 is 15.7 Å². The zero-order chi connectivity index (χ0) is 15.3. The van der Waals surface area contributed by atoms with Crippen LogP contribution in [-0.2, 0) is 4.79 Å². The Bertz CT molecular complexity index is 499. The number of halogens is 1. The second kappa shape index (κ2) is 6.89. The first-order valence-corrected chi connectivity index (χ1v) is 7.47. The van der Waals surface area contributed by atoms with E-state index >= 15 is 0 Å². The fourth-order valence-corrected chi connectivity index (χ4v) is 2.92. The molecule has 1 amide bonds. The van der Waals surface area contributed by atoms with Gasteiger partial charge in [-0.2, -0.15) is 0 Å². The lowest BCUT2D eigenvalue weighted by Gasteiger charge is -2.36. The van der Waals surface area contributed by atoms with Gasteiger partial charge in [-0.1, -0.05) is 19.3 Å². The van der Waals surface area contributed by atoms with Gasteiger partial charge >= 0.3 is 0 Å². The Morgan fingerprint density at radius 1 is 1.33 bits per heavy atom. The zero-order valence-electron chi connectivity index (χ0n) is 12.4. The van der Waals surface area contributed by atoms with Gasteiger partial charge in [0, 0.05) is 24.6 Å². The Hall–Kier alpha value is -1.62. The molecule has 4 nitrogen and oxygen atoms in total. The standard InChI is InChI=1S/C16H23FN2O2/c1-12(21)19-13-5-6-14(17)15(9-13)18-10-16(11-20)7-3-2-4-8-16/h5-6,9,18,20H,2-4,7-8,10-11H2,1H3,(H,19,21). The van der Waals surface area contributed by atoms with Gasteiger partial charge in [-0.05, 0) is 31.0 Å². The summed E-state index contributed by atoms with van der Waals surface area (Å²) < 4.78 is 13.9. The van der Waals surface area contributed by atoms with Crippen LogP contribution >= 0.6 is 0 Å². The molecule has 1 aromatic carbocycles. The van der Waals surface area contributed by atoms with E-state index in [1.807, 2.05) is 0 Å². The van der Waals surface area contributed by atoms with Crippen LogP contribution in [-0.4, -0.2) is 24.2 Å². The largest absolute Gasteiger partial charge is 0.396 e. The summed E-state index contributed by atoms with van der Waals surface area (Å²) in [6.07, 6.45) is 5.34. The van der Waals surface area contributed by atoms with E-state index in [0.717, 1.165) is 25.7 Å². The minimum Gasteiger partial charge on any atom is -0.396 e. The summed E-state index contributed by atoms with van der Waals surface area (Å²) in [5.41, 5.74) is 0.766. The molecule has 1 saturated carbocycles. The van der Waals surface area contributed by atoms with Gasteiger partial charge in [-0.25, -0.2) is 4.39 Å². The third-order valence-electron chi connectivity index (χ3n) is 4.19. The van der Waals surface area contributed by atoms with Crippen molar-refractivity contribution in [2.75, 3.05) is 23.8 Å². The molecule has 0 unspecified atom stereocenters. The van der Waals surface area contributed by atoms with Gasteiger partial charge in [0.1, 0.15) is 5.82 Å². The highest BCUT2D eigenvalue weighted by Gasteiger charge is 2.31. The molecule has 1 aliphatic rings. The molecule has 3 N–H and O–H groups in total. The fourth-order valence-electron chi connectivity index (χ4n) is 2.92. The zero-order valence-corrected chi connectivity index (χ0v) is 12.4. The minimum atomic E-state index is -0.354. The van der Waals surface area contributed by atoms with Crippen molar-refractivity contribution in [3.05, 3.63) is 24.0 Å². The highest BCUT2D eigenvalue weighted by molar-refractivity contribution is 5.89. The van der Waals surface area contributed by atoms with E-state index in [4.69, 9.17) is 0 Å². The normalized spacial score (nSPS) is 17.3. The maximum atomic E-state index is 13.9. The molecule has 0 radical (unpaired) electrons. The van der Waals surface area contributed by atoms with E-state index in [1.54, 1.807) is 6.07 Å². The Kier molecular flexibility index (Phi) is 5.17. The molecule has 0 bridgehead atoms. The van der Waals surface area contributed by atoms with E-state index < -0.39 is 0 Å². The van der Waals surface area contributed by atoms with Gasteiger partial charge in [0.25, 0.3) is 0 Å². The van der Waals surface area contributed by atoms with E-state index in [-0.39, 0.29) is 23.7 Å². The number of rotatable bonds is 5. The summed E-state index contributed by atoms with van der Waals surface area (Å²) >= 11 is 0. The lowest BCUT2D eigenvalue weighted by molar-refractivity contribution is -0.114.